The maximum atomic E-state index is 12.3. The van der Waals surface area contributed by atoms with Gasteiger partial charge in [-0.2, -0.15) is 0 Å². The fourth-order valence-electron chi connectivity index (χ4n) is 2.67. The van der Waals surface area contributed by atoms with E-state index in [1.165, 1.54) is 7.11 Å². The number of carbonyl (C=O) groups excluding carboxylic acids is 2. The van der Waals surface area contributed by atoms with E-state index in [1.807, 2.05) is 36.4 Å². The van der Waals surface area contributed by atoms with Crippen LogP contribution in [0.2, 0.25) is 0 Å². The summed E-state index contributed by atoms with van der Waals surface area (Å²) in [6.45, 7) is 0. The summed E-state index contributed by atoms with van der Waals surface area (Å²) in [5.74, 6) is 0.494. The van der Waals surface area contributed by atoms with Crippen molar-refractivity contribution in [2.45, 2.75) is 12.5 Å². The van der Waals surface area contributed by atoms with Crippen molar-refractivity contribution in [3.63, 3.8) is 0 Å². The van der Waals surface area contributed by atoms with Crippen molar-refractivity contribution >= 4 is 29.0 Å². The van der Waals surface area contributed by atoms with Crippen LogP contribution >= 0.6 is 0 Å². The van der Waals surface area contributed by atoms with E-state index in [1.54, 1.807) is 18.1 Å². The molecule has 3 rings (SSSR count). The van der Waals surface area contributed by atoms with E-state index in [4.69, 9.17) is 4.74 Å². The second kappa shape index (κ2) is 7.12. The number of ether oxygens (including phenoxy) is 1. The normalized spacial score (nSPS) is 11.9. The summed E-state index contributed by atoms with van der Waals surface area (Å²) < 4.78 is 4.94. The number of nitrogens with one attached hydrogen (secondary N) is 1. The lowest BCUT2D eigenvalue weighted by Gasteiger charge is -2.26. The summed E-state index contributed by atoms with van der Waals surface area (Å²) >= 11 is 0. The van der Waals surface area contributed by atoms with E-state index in [-0.39, 0.29) is 11.8 Å². The Labute approximate surface area is 144 Å². The van der Waals surface area contributed by atoms with Crippen molar-refractivity contribution < 1.29 is 14.3 Å². The molecule has 0 aliphatic heterocycles. The van der Waals surface area contributed by atoms with Crippen LogP contribution in [0.1, 0.15) is 16.3 Å². The van der Waals surface area contributed by atoms with Gasteiger partial charge in [0, 0.05) is 30.7 Å². The largest absolute Gasteiger partial charge is 0.467 e. The maximum Gasteiger partial charge on any atom is 0.328 e. The summed E-state index contributed by atoms with van der Waals surface area (Å²) in [6, 6.07) is 11.0. The van der Waals surface area contributed by atoms with Crippen molar-refractivity contribution in [1.29, 1.82) is 0 Å². The number of likely N-dealkylation sites (N-methyl/N-ethyl adjacent to an activating group) is 1. The van der Waals surface area contributed by atoms with E-state index in [2.05, 4.69) is 15.0 Å². The molecule has 0 bridgehead atoms. The fraction of sp³-hybridized carbons (Fsp3) is 0.222. The van der Waals surface area contributed by atoms with Crippen LogP contribution in [0.4, 0.5) is 5.82 Å². The quantitative estimate of drug-likeness (QED) is 0.546. The number of pyridine rings is 1. The smallest absolute Gasteiger partial charge is 0.328 e. The molecule has 0 aliphatic carbocycles. The molecule has 0 unspecified atom stereocenters. The fourth-order valence-corrected chi connectivity index (χ4v) is 2.67. The molecular weight excluding hydrogens is 320 g/mol. The van der Waals surface area contributed by atoms with Crippen molar-refractivity contribution in [1.82, 2.24) is 15.0 Å². The first kappa shape index (κ1) is 16.6. The van der Waals surface area contributed by atoms with Gasteiger partial charge in [-0.1, -0.05) is 18.2 Å². The van der Waals surface area contributed by atoms with Crippen molar-refractivity contribution in [2.24, 2.45) is 0 Å². The number of rotatable bonds is 6. The van der Waals surface area contributed by atoms with Crippen LogP contribution in [0.5, 0.6) is 0 Å². The highest BCUT2D eigenvalue weighted by Crippen LogP contribution is 2.20. The first-order valence-electron chi connectivity index (χ1n) is 7.78. The number of methoxy groups -OCH3 is 1. The number of hydrogen-bond acceptors (Lipinski definition) is 6. The number of hydrogen-bond donors (Lipinski definition) is 1. The van der Waals surface area contributed by atoms with Gasteiger partial charge in [-0.3, -0.25) is 4.79 Å². The van der Waals surface area contributed by atoms with Crippen LogP contribution < -0.4 is 4.90 Å². The number of benzene rings is 1. The third kappa shape index (κ3) is 3.50. The van der Waals surface area contributed by atoms with Crippen LogP contribution in [-0.2, 0) is 16.0 Å². The third-order valence-corrected chi connectivity index (χ3v) is 4.06. The summed E-state index contributed by atoms with van der Waals surface area (Å²) in [7, 11) is 3.14. The predicted octanol–water partition coefficient (Wildman–Crippen LogP) is 1.99. The molecule has 1 N–H and O–H groups in total. The highest BCUT2D eigenvalue weighted by molar-refractivity contribution is 5.83. The predicted molar refractivity (Wildman–Crippen MR) is 93.6 cm³/mol. The van der Waals surface area contributed by atoms with Gasteiger partial charge in [0.1, 0.15) is 11.9 Å². The zero-order valence-electron chi connectivity index (χ0n) is 14.0. The number of para-hydroxylation sites is 1. The molecule has 128 valence electrons. The lowest BCUT2D eigenvalue weighted by Crippen LogP contribution is -2.41. The zero-order valence-corrected chi connectivity index (χ0v) is 14.0. The molecule has 0 aliphatic rings. The molecule has 0 radical (unpaired) electrons. The van der Waals surface area contributed by atoms with Crippen LogP contribution in [0.15, 0.2) is 42.6 Å². The molecule has 7 heteroatoms. The average molecular weight is 338 g/mol. The minimum Gasteiger partial charge on any atom is -0.467 e. The van der Waals surface area contributed by atoms with Crippen LogP contribution in [0.25, 0.3) is 10.9 Å². The molecule has 0 amide bonds. The first-order chi connectivity index (χ1) is 12.1. The monoisotopic (exact) mass is 338 g/mol. The number of esters is 1. The Morgan fingerprint density at radius 1 is 1.32 bits per heavy atom. The highest BCUT2D eigenvalue weighted by Gasteiger charge is 2.26. The van der Waals surface area contributed by atoms with Crippen LogP contribution in [0, 0.1) is 0 Å². The van der Waals surface area contributed by atoms with Gasteiger partial charge in [-0.05, 0) is 18.2 Å². The second-order valence-corrected chi connectivity index (χ2v) is 5.63. The van der Waals surface area contributed by atoms with Crippen molar-refractivity contribution in [3.8, 4) is 0 Å². The number of fused-ring (bicyclic) bond motifs is 1. The van der Waals surface area contributed by atoms with Gasteiger partial charge in [0.2, 0.25) is 0 Å². The Morgan fingerprint density at radius 2 is 2.12 bits per heavy atom. The number of H-pyrrole nitrogens is 1. The standard InChI is InChI=1S/C18H18N4O3/c1-22(17-8-7-12-5-3-4-6-14(12)21-17)15(18(24)25-2)9-13-10-19-16(11-23)20-13/h3-8,10-11,15H,9H2,1-2H3,(H,19,20)/t15-/m0/s1. The van der Waals surface area contributed by atoms with Gasteiger partial charge >= 0.3 is 5.97 Å². The number of anilines is 1. The average Bonchev–Trinajstić information content (AvgIpc) is 3.12. The van der Waals surface area contributed by atoms with Crippen LogP contribution in [-0.4, -0.2) is 47.4 Å². The Balaban J connectivity index is 1.90. The second-order valence-electron chi connectivity index (χ2n) is 5.63. The van der Waals surface area contributed by atoms with E-state index in [9.17, 15) is 9.59 Å². The first-order valence-corrected chi connectivity index (χ1v) is 7.78. The number of aromatic nitrogens is 3. The van der Waals surface area contributed by atoms with Gasteiger partial charge < -0.3 is 14.6 Å². The lowest BCUT2D eigenvalue weighted by molar-refractivity contribution is -0.142. The topological polar surface area (TPSA) is 88.2 Å². The molecule has 0 saturated carbocycles. The molecule has 0 saturated heterocycles. The van der Waals surface area contributed by atoms with Gasteiger partial charge in [0.25, 0.3) is 0 Å². The van der Waals surface area contributed by atoms with E-state index < -0.39 is 6.04 Å². The molecule has 1 atom stereocenters. The summed E-state index contributed by atoms with van der Waals surface area (Å²) in [4.78, 5) is 36.2. The Morgan fingerprint density at radius 3 is 2.84 bits per heavy atom. The Kier molecular flexibility index (Phi) is 4.74. The van der Waals surface area contributed by atoms with Gasteiger partial charge in [0.15, 0.2) is 12.1 Å². The molecule has 7 nitrogen and oxygen atoms in total. The lowest BCUT2D eigenvalue weighted by atomic mass is 10.1. The Bertz CT molecular complexity index is 906. The number of aldehydes is 1. The maximum absolute atomic E-state index is 12.3. The molecule has 2 heterocycles. The van der Waals surface area contributed by atoms with Gasteiger partial charge in [0.05, 0.1) is 12.6 Å². The van der Waals surface area contributed by atoms with Gasteiger partial charge in [-0.15, -0.1) is 0 Å². The molecule has 0 spiro atoms. The van der Waals surface area contributed by atoms with Crippen LogP contribution in [0.3, 0.4) is 0 Å². The summed E-state index contributed by atoms with van der Waals surface area (Å²) in [5.41, 5.74) is 1.52. The zero-order chi connectivity index (χ0) is 17.8. The molecule has 25 heavy (non-hydrogen) atoms. The van der Waals surface area contributed by atoms with E-state index in [0.29, 0.717) is 24.2 Å². The molecule has 1 aromatic carbocycles. The van der Waals surface area contributed by atoms with Crippen molar-refractivity contribution in [3.05, 3.63) is 54.1 Å². The highest BCUT2D eigenvalue weighted by atomic mass is 16.5. The summed E-state index contributed by atoms with van der Waals surface area (Å²) in [6.07, 6.45) is 2.49. The number of aromatic amines is 1. The third-order valence-electron chi connectivity index (χ3n) is 4.06. The van der Waals surface area contributed by atoms with E-state index >= 15 is 0 Å². The number of carbonyl (C=O) groups is 2. The number of imidazole rings is 1. The minimum absolute atomic E-state index is 0.227. The number of nitrogens with zero attached hydrogens (tertiary/aromatic N) is 3. The molecular formula is C18H18N4O3. The SMILES string of the molecule is COC(=O)[C@H](Cc1cnc(C=O)[nH]1)N(C)c1ccc2ccccc2n1. The molecule has 2 aromatic heterocycles. The Hall–Kier alpha value is -3.22. The minimum atomic E-state index is -0.599. The molecule has 0 fully saturated rings. The van der Waals surface area contributed by atoms with Crippen molar-refractivity contribution in [2.75, 3.05) is 19.1 Å². The van der Waals surface area contributed by atoms with Gasteiger partial charge in [-0.25, -0.2) is 14.8 Å². The summed E-state index contributed by atoms with van der Waals surface area (Å²) in [5, 5.41) is 1.03. The molecule has 3 aromatic rings. The van der Waals surface area contributed by atoms with E-state index in [0.717, 1.165) is 10.9 Å².